The number of nitrogens with zero attached hydrogens (tertiary/aromatic N) is 3. The predicted octanol–water partition coefficient (Wildman–Crippen LogP) is 5.64. The Labute approximate surface area is 263 Å². The first-order valence-electron chi connectivity index (χ1n) is 16.5. The van der Waals surface area contributed by atoms with Crippen molar-refractivity contribution in [2.24, 2.45) is 11.8 Å². The van der Waals surface area contributed by atoms with Crippen molar-refractivity contribution in [2.45, 2.75) is 90.4 Å². The highest BCUT2D eigenvalue weighted by molar-refractivity contribution is 6.05. The summed E-state index contributed by atoms with van der Waals surface area (Å²) in [5.74, 6) is 0.710. The molecule has 1 aliphatic heterocycles. The Kier molecular flexibility index (Phi) is 13.0. The number of ether oxygens (including phenoxy) is 2. The highest BCUT2D eigenvalue weighted by Gasteiger charge is 2.31. The van der Waals surface area contributed by atoms with E-state index in [1.807, 2.05) is 13.8 Å². The summed E-state index contributed by atoms with van der Waals surface area (Å²) in [5, 5.41) is 13.1. The molecule has 1 saturated carbocycles. The first-order valence-corrected chi connectivity index (χ1v) is 16.5. The van der Waals surface area contributed by atoms with E-state index < -0.39 is 6.04 Å². The molecule has 9 heteroatoms. The second-order valence-corrected chi connectivity index (χ2v) is 12.9. The second-order valence-electron chi connectivity index (χ2n) is 12.9. The van der Waals surface area contributed by atoms with Crippen LogP contribution in [0.1, 0.15) is 92.9 Å². The van der Waals surface area contributed by atoms with Crippen LogP contribution in [0.3, 0.4) is 0 Å². The van der Waals surface area contributed by atoms with E-state index in [1.165, 1.54) is 32.1 Å². The molecule has 0 radical (unpaired) electrons. The summed E-state index contributed by atoms with van der Waals surface area (Å²) in [5.41, 5.74) is 1.33. The van der Waals surface area contributed by atoms with Crippen molar-refractivity contribution in [1.82, 2.24) is 14.8 Å². The minimum absolute atomic E-state index is 0.0302. The van der Waals surface area contributed by atoms with Gasteiger partial charge in [-0.2, -0.15) is 0 Å². The van der Waals surface area contributed by atoms with E-state index in [4.69, 9.17) is 9.47 Å². The largest absolute Gasteiger partial charge is 0.490 e. The van der Waals surface area contributed by atoms with E-state index in [2.05, 4.69) is 29.2 Å². The highest BCUT2D eigenvalue weighted by Crippen LogP contribution is 2.29. The minimum atomic E-state index is -0.418. The Bertz CT molecular complexity index is 1190. The fourth-order valence-electron chi connectivity index (χ4n) is 6.36. The number of rotatable bonds is 8. The van der Waals surface area contributed by atoms with Gasteiger partial charge in [-0.1, -0.05) is 26.2 Å². The van der Waals surface area contributed by atoms with Crippen LogP contribution in [-0.4, -0.2) is 89.9 Å². The number of carbonyl (C=O) groups excluding carboxylic acids is 2. The molecule has 2 aliphatic rings. The molecule has 2 aromatic rings. The van der Waals surface area contributed by atoms with Gasteiger partial charge in [0.15, 0.2) is 0 Å². The van der Waals surface area contributed by atoms with Crippen LogP contribution in [0.25, 0.3) is 0 Å². The first-order chi connectivity index (χ1) is 21.2. The molecular formula is C35H52N4O5. The van der Waals surface area contributed by atoms with Gasteiger partial charge < -0.3 is 29.7 Å². The molecule has 1 fully saturated rings. The van der Waals surface area contributed by atoms with E-state index in [0.29, 0.717) is 35.7 Å². The monoisotopic (exact) mass is 608 g/mol. The quantitative estimate of drug-likeness (QED) is 0.400. The van der Waals surface area contributed by atoms with Crippen molar-refractivity contribution in [2.75, 3.05) is 45.2 Å². The Morgan fingerprint density at radius 3 is 2.52 bits per heavy atom. The third-order valence-electron chi connectivity index (χ3n) is 9.04. The number of aliphatic hydroxyl groups excluding tert-OH is 1. The smallest absolute Gasteiger partial charge is 0.258 e. The third-order valence-corrected chi connectivity index (χ3v) is 9.04. The van der Waals surface area contributed by atoms with Gasteiger partial charge in [0.1, 0.15) is 5.75 Å². The summed E-state index contributed by atoms with van der Waals surface area (Å²) in [6.45, 7) is 8.80. The van der Waals surface area contributed by atoms with Crippen LogP contribution in [0.5, 0.6) is 5.75 Å². The summed E-state index contributed by atoms with van der Waals surface area (Å²) >= 11 is 0. The molecule has 9 nitrogen and oxygen atoms in total. The van der Waals surface area contributed by atoms with Gasteiger partial charge in [-0.25, -0.2) is 0 Å². The zero-order chi connectivity index (χ0) is 31.5. The Morgan fingerprint density at radius 2 is 1.80 bits per heavy atom. The number of nitrogens with one attached hydrogen (secondary N) is 1. The third kappa shape index (κ3) is 9.74. The zero-order valence-electron chi connectivity index (χ0n) is 27.0. The number of pyridine rings is 1. The average molecular weight is 609 g/mol. The summed E-state index contributed by atoms with van der Waals surface area (Å²) in [6.07, 6.45) is 12.3. The minimum Gasteiger partial charge on any atom is -0.490 e. The van der Waals surface area contributed by atoms with Gasteiger partial charge >= 0.3 is 0 Å². The van der Waals surface area contributed by atoms with Gasteiger partial charge in [0.2, 0.25) is 0 Å². The molecule has 1 aromatic carbocycles. The molecular weight excluding hydrogens is 556 g/mol. The number of hydrogen-bond acceptors (Lipinski definition) is 7. The van der Waals surface area contributed by atoms with Crippen molar-refractivity contribution in [1.29, 1.82) is 0 Å². The number of likely N-dealkylation sites (N-methyl/N-ethyl adjacent to an activating group) is 1. The van der Waals surface area contributed by atoms with E-state index in [0.717, 1.165) is 38.3 Å². The molecule has 242 valence electrons. The number of benzene rings is 1. The molecule has 4 rings (SSSR count). The molecule has 2 N–H and O–H groups in total. The van der Waals surface area contributed by atoms with Crippen LogP contribution in [0.4, 0.5) is 5.69 Å². The van der Waals surface area contributed by atoms with Crippen molar-refractivity contribution in [3.8, 4) is 5.75 Å². The van der Waals surface area contributed by atoms with Gasteiger partial charge in [-0.15, -0.1) is 0 Å². The molecule has 1 aromatic heterocycles. The lowest BCUT2D eigenvalue weighted by molar-refractivity contribution is -0.0190. The average Bonchev–Trinajstić information content (AvgIpc) is 3.03. The fraction of sp³-hybridized carbons (Fsp3) is 0.629. The van der Waals surface area contributed by atoms with Crippen molar-refractivity contribution in [3.63, 3.8) is 0 Å². The standard InChI is InChI=1S/C35H52N4O5/c1-25-21-39(26(2)24-40)35(42)31-20-30(37-34(41)29-15-17-36-18-16-29)13-14-32(31)44-27(3)10-8-9-19-43-33(25)23-38(4)22-28-11-6-5-7-12-28/h13-18,20,25-28,33,40H,5-12,19,21-24H2,1-4H3,(H,37,41)/t25-,26+,27+,33+/m1/s1. The summed E-state index contributed by atoms with van der Waals surface area (Å²) < 4.78 is 12.8. The number of anilines is 1. The van der Waals surface area contributed by atoms with Gasteiger partial charge in [0.25, 0.3) is 11.8 Å². The van der Waals surface area contributed by atoms with Crippen molar-refractivity contribution in [3.05, 3.63) is 53.9 Å². The number of carbonyl (C=O) groups is 2. The molecule has 4 atom stereocenters. The molecule has 2 heterocycles. The van der Waals surface area contributed by atoms with Crippen molar-refractivity contribution < 1.29 is 24.2 Å². The van der Waals surface area contributed by atoms with E-state index in [1.54, 1.807) is 47.6 Å². The maximum atomic E-state index is 14.3. The predicted molar refractivity (Wildman–Crippen MR) is 173 cm³/mol. The van der Waals surface area contributed by atoms with Crippen LogP contribution >= 0.6 is 0 Å². The van der Waals surface area contributed by atoms with Crippen LogP contribution in [0.2, 0.25) is 0 Å². The number of aliphatic hydroxyl groups is 1. The fourth-order valence-corrected chi connectivity index (χ4v) is 6.36. The molecule has 1 aliphatic carbocycles. The van der Waals surface area contributed by atoms with Crippen molar-refractivity contribution >= 4 is 17.5 Å². The molecule has 2 amide bonds. The van der Waals surface area contributed by atoms with Gasteiger partial charge in [-0.05, 0) is 89.2 Å². The highest BCUT2D eigenvalue weighted by atomic mass is 16.5. The lowest BCUT2D eigenvalue weighted by Gasteiger charge is -2.36. The summed E-state index contributed by atoms with van der Waals surface area (Å²) in [4.78, 5) is 35.3. The van der Waals surface area contributed by atoms with Crippen LogP contribution in [0.15, 0.2) is 42.7 Å². The van der Waals surface area contributed by atoms with Gasteiger partial charge in [-0.3, -0.25) is 14.6 Å². The van der Waals surface area contributed by atoms with E-state index in [-0.39, 0.29) is 36.5 Å². The second kappa shape index (κ2) is 16.9. The number of hydrogen-bond donors (Lipinski definition) is 2. The topological polar surface area (TPSA) is 104 Å². The Balaban J connectivity index is 1.59. The van der Waals surface area contributed by atoms with Gasteiger partial charge in [0.05, 0.1) is 30.4 Å². The first kappa shape index (κ1) is 33.9. The molecule has 44 heavy (non-hydrogen) atoms. The van der Waals surface area contributed by atoms with E-state index >= 15 is 0 Å². The van der Waals surface area contributed by atoms with Crippen LogP contribution in [-0.2, 0) is 4.74 Å². The maximum Gasteiger partial charge on any atom is 0.258 e. The molecule has 0 unspecified atom stereocenters. The zero-order valence-corrected chi connectivity index (χ0v) is 27.0. The molecule has 0 bridgehead atoms. The Hall–Kier alpha value is -3.01. The maximum absolute atomic E-state index is 14.3. The summed E-state index contributed by atoms with van der Waals surface area (Å²) in [6, 6.07) is 8.07. The number of amides is 2. The van der Waals surface area contributed by atoms with Crippen LogP contribution in [0, 0.1) is 11.8 Å². The van der Waals surface area contributed by atoms with Crippen LogP contribution < -0.4 is 10.1 Å². The lowest BCUT2D eigenvalue weighted by atomic mass is 9.89. The molecule has 0 saturated heterocycles. The Morgan fingerprint density at radius 1 is 1.07 bits per heavy atom. The molecule has 0 spiro atoms. The normalized spacial score (nSPS) is 23.4. The SMILES string of the molecule is C[C@@H]1CN([C@@H](C)CO)C(=O)c2cc(NC(=O)c3ccncc3)ccc2O[C@@H](C)CCCCO[C@H]1CN(C)CC1CCCCC1. The lowest BCUT2D eigenvalue weighted by Crippen LogP contribution is -2.47. The van der Waals surface area contributed by atoms with Gasteiger partial charge in [0, 0.05) is 55.8 Å². The van der Waals surface area contributed by atoms with E-state index in [9.17, 15) is 14.7 Å². The summed E-state index contributed by atoms with van der Waals surface area (Å²) in [7, 11) is 2.19. The number of fused-ring (bicyclic) bond motifs is 1. The number of aromatic nitrogens is 1.